The third-order valence-electron chi connectivity index (χ3n) is 2.23. The van der Waals surface area contributed by atoms with E-state index in [4.69, 9.17) is 17.3 Å². The number of nitrogens with zero attached hydrogens (tertiary/aromatic N) is 1. The summed E-state index contributed by atoms with van der Waals surface area (Å²) in [5.41, 5.74) is 7.06. The maximum Gasteiger partial charge on any atom is 0.255 e. The molecule has 0 bridgehead atoms. The molecule has 6 heteroatoms. The van der Waals surface area contributed by atoms with E-state index >= 15 is 0 Å². The largest absolute Gasteiger partial charge is 0.398 e. The van der Waals surface area contributed by atoms with E-state index in [0.29, 0.717) is 22.0 Å². The van der Waals surface area contributed by atoms with Crippen LogP contribution in [-0.2, 0) is 0 Å². The van der Waals surface area contributed by atoms with Gasteiger partial charge in [-0.25, -0.2) is 0 Å². The summed E-state index contributed by atoms with van der Waals surface area (Å²) in [7, 11) is 0. The first kappa shape index (κ1) is 12.9. The molecule has 2 aromatic rings. The molecule has 0 saturated carbocycles. The fourth-order valence-electron chi connectivity index (χ4n) is 1.35. The number of nitrogen functional groups attached to an aromatic ring is 1. The highest BCUT2D eigenvalue weighted by atomic mass is 79.9. The molecular weight excluding hydrogens is 318 g/mol. The maximum absolute atomic E-state index is 11.9. The second-order valence-electron chi connectivity index (χ2n) is 3.58. The SMILES string of the molecule is Nc1ccc(C(=O)Nc2cncc(Br)c2)cc1Cl. The van der Waals surface area contributed by atoms with Gasteiger partial charge in [0.1, 0.15) is 0 Å². The molecule has 18 heavy (non-hydrogen) atoms. The molecule has 2 rings (SSSR count). The molecule has 0 fully saturated rings. The lowest BCUT2D eigenvalue weighted by Gasteiger charge is -2.06. The Labute approximate surface area is 117 Å². The normalized spacial score (nSPS) is 10.1. The minimum absolute atomic E-state index is 0.267. The minimum Gasteiger partial charge on any atom is -0.398 e. The van der Waals surface area contributed by atoms with E-state index in [1.54, 1.807) is 30.6 Å². The number of aromatic nitrogens is 1. The smallest absolute Gasteiger partial charge is 0.255 e. The van der Waals surface area contributed by atoms with E-state index in [1.165, 1.54) is 6.07 Å². The number of hydrogen-bond acceptors (Lipinski definition) is 3. The standard InChI is InChI=1S/C12H9BrClN3O/c13-8-4-9(6-16-5-8)17-12(18)7-1-2-11(15)10(14)3-7/h1-6H,15H2,(H,17,18). The molecule has 0 aliphatic carbocycles. The lowest BCUT2D eigenvalue weighted by atomic mass is 10.2. The van der Waals surface area contributed by atoms with Crippen molar-refractivity contribution in [3.63, 3.8) is 0 Å². The molecule has 0 saturated heterocycles. The fraction of sp³-hybridized carbons (Fsp3) is 0. The molecule has 0 aliphatic heterocycles. The first-order valence-corrected chi connectivity index (χ1v) is 6.20. The number of nitrogens with one attached hydrogen (secondary N) is 1. The molecule has 1 heterocycles. The Kier molecular flexibility index (Phi) is 3.84. The summed E-state index contributed by atoms with van der Waals surface area (Å²) in [5.74, 6) is -0.267. The number of pyridine rings is 1. The Morgan fingerprint density at radius 2 is 2.11 bits per heavy atom. The lowest BCUT2D eigenvalue weighted by molar-refractivity contribution is 0.102. The second kappa shape index (κ2) is 5.37. The quantitative estimate of drug-likeness (QED) is 0.832. The topological polar surface area (TPSA) is 68.0 Å². The van der Waals surface area contributed by atoms with Gasteiger partial charge in [-0.3, -0.25) is 9.78 Å². The molecule has 1 aromatic heterocycles. The lowest BCUT2D eigenvalue weighted by Crippen LogP contribution is -2.12. The predicted octanol–water partition coefficient (Wildman–Crippen LogP) is 3.33. The highest BCUT2D eigenvalue weighted by Crippen LogP contribution is 2.21. The van der Waals surface area contributed by atoms with Gasteiger partial charge in [0.25, 0.3) is 5.91 Å². The fourth-order valence-corrected chi connectivity index (χ4v) is 1.90. The van der Waals surface area contributed by atoms with Crippen molar-refractivity contribution < 1.29 is 4.79 Å². The average Bonchev–Trinajstić information content (AvgIpc) is 2.32. The van der Waals surface area contributed by atoms with Crippen molar-refractivity contribution in [3.8, 4) is 0 Å². The van der Waals surface area contributed by atoms with E-state index in [-0.39, 0.29) is 5.91 Å². The van der Waals surface area contributed by atoms with Gasteiger partial charge >= 0.3 is 0 Å². The number of halogens is 2. The zero-order chi connectivity index (χ0) is 13.1. The van der Waals surface area contributed by atoms with Crippen LogP contribution in [0.3, 0.4) is 0 Å². The van der Waals surface area contributed by atoms with Gasteiger partial charge in [-0.2, -0.15) is 0 Å². The van der Waals surface area contributed by atoms with Gasteiger partial charge in [-0.1, -0.05) is 11.6 Å². The summed E-state index contributed by atoms with van der Waals surface area (Å²) in [6, 6.07) is 6.49. The molecule has 0 radical (unpaired) electrons. The zero-order valence-electron chi connectivity index (χ0n) is 9.15. The van der Waals surface area contributed by atoms with Crippen molar-refractivity contribution in [1.29, 1.82) is 0 Å². The van der Waals surface area contributed by atoms with Gasteiger partial charge in [0.2, 0.25) is 0 Å². The number of benzene rings is 1. The number of carbonyl (C=O) groups excluding carboxylic acids is 1. The Bertz CT molecular complexity index is 604. The molecular formula is C12H9BrClN3O. The Morgan fingerprint density at radius 1 is 1.33 bits per heavy atom. The summed E-state index contributed by atoms with van der Waals surface area (Å²) in [5, 5.41) is 3.07. The number of carbonyl (C=O) groups is 1. The van der Waals surface area contributed by atoms with Crippen LogP contribution in [0.15, 0.2) is 41.1 Å². The summed E-state index contributed by atoms with van der Waals surface area (Å²) in [6.07, 6.45) is 3.19. The molecule has 1 aromatic carbocycles. The molecule has 0 atom stereocenters. The molecule has 92 valence electrons. The number of rotatable bonds is 2. The Hall–Kier alpha value is -1.59. The number of nitrogens with two attached hydrogens (primary N) is 1. The van der Waals surface area contributed by atoms with E-state index in [1.807, 2.05) is 0 Å². The maximum atomic E-state index is 11.9. The predicted molar refractivity (Wildman–Crippen MR) is 75.8 cm³/mol. The number of amides is 1. The van der Waals surface area contributed by atoms with Crippen molar-refractivity contribution in [2.24, 2.45) is 0 Å². The monoisotopic (exact) mass is 325 g/mol. The van der Waals surface area contributed by atoms with Crippen molar-refractivity contribution >= 4 is 44.8 Å². The molecule has 4 nitrogen and oxygen atoms in total. The average molecular weight is 327 g/mol. The van der Waals surface area contributed by atoms with Gasteiger partial charge in [-0.05, 0) is 40.2 Å². The summed E-state index contributed by atoms with van der Waals surface area (Å²) >= 11 is 9.14. The van der Waals surface area contributed by atoms with Crippen molar-refractivity contribution in [2.75, 3.05) is 11.1 Å². The molecule has 0 unspecified atom stereocenters. The van der Waals surface area contributed by atoms with E-state index in [9.17, 15) is 4.79 Å². The van der Waals surface area contributed by atoms with Crippen molar-refractivity contribution in [1.82, 2.24) is 4.98 Å². The molecule has 3 N–H and O–H groups in total. The molecule has 0 aliphatic rings. The van der Waals surface area contributed by atoms with Crippen LogP contribution >= 0.6 is 27.5 Å². The zero-order valence-corrected chi connectivity index (χ0v) is 11.5. The van der Waals surface area contributed by atoms with E-state index in [0.717, 1.165) is 4.47 Å². The van der Waals surface area contributed by atoms with E-state index < -0.39 is 0 Å². The first-order chi connectivity index (χ1) is 8.56. The van der Waals surface area contributed by atoms with Crippen LogP contribution < -0.4 is 11.1 Å². The van der Waals surface area contributed by atoms with Crippen LogP contribution in [0.25, 0.3) is 0 Å². The third-order valence-corrected chi connectivity index (χ3v) is 2.99. The molecule has 1 amide bonds. The van der Waals surface area contributed by atoms with Crippen LogP contribution in [-0.4, -0.2) is 10.9 Å². The molecule has 0 spiro atoms. The Morgan fingerprint density at radius 3 is 2.78 bits per heavy atom. The van der Waals surface area contributed by atoms with Crippen LogP contribution in [0.5, 0.6) is 0 Å². The van der Waals surface area contributed by atoms with Gasteiger partial charge < -0.3 is 11.1 Å². The first-order valence-electron chi connectivity index (χ1n) is 5.03. The van der Waals surface area contributed by atoms with Crippen molar-refractivity contribution in [3.05, 3.63) is 51.7 Å². The van der Waals surface area contributed by atoms with Gasteiger partial charge in [0.05, 0.1) is 22.6 Å². The van der Waals surface area contributed by atoms with Crippen LogP contribution in [0.1, 0.15) is 10.4 Å². The second-order valence-corrected chi connectivity index (χ2v) is 4.91. The minimum atomic E-state index is -0.267. The summed E-state index contributed by atoms with van der Waals surface area (Å²) in [6.45, 7) is 0. The van der Waals surface area contributed by atoms with Gasteiger partial charge in [0.15, 0.2) is 0 Å². The summed E-state index contributed by atoms with van der Waals surface area (Å²) in [4.78, 5) is 15.9. The highest BCUT2D eigenvalue weighted by molar-refractivity contribution is 9.10. The highest BCUT2D eigenvalue weighted by Gasteiger charge is 2.08. The summed E-state index contributed by atoms with van der Waals surface area (Å²) < 4.78 is 0.788. The van der Waals surface area contributed by atoms with Crippen LogP contribution in [0.2, 0.25) is 5.02 Å². The van der Waals surface area contributed by atoms with Crippen LogP contribution in [0, 0.1) is 0 Å². The third kappa shape index (κ3) is 3.00. The van der Waals surface area contributed by atoms with Gasteiger partial charge in [0, 0.05) is 16.2 Å². The number of hydrogen-bond donors (Lipinski definition) is 2. The van der Waals surface area contributed by atoms with Crippen LogP contribution in [0.4, 0.5) is 11.4 Å². The van der Waals surface area contributed by atoms with Gasteiger partial charge in [-0.15, -0.1) is 0 Å². The number of anilines is 2. The Balaban J connectivity index is 2.19. The van der Waals surface area contributed by atoms with E-state index in [2.05, 4.69) is 26.2 Å². The van der Waals surface area contributed by atoms with Crippen molar-refractivity contribution in [2.45, 2.75) is 0 Å².